The number of aliphatic carboxylic acids is 1. The molecule has 5 heteroatoms. The largest absolute Gasteiger partial charge is 0.480 e. The van der Waals surface area contributed by atoms with Crippen LogP contribution in [-0.2, 0) is 14.3 Å². The van der Waals surface area contributed by atoms with Gasteiger partial charge in [0.25, 0.3) is 0 Å². The molecular weight excluding hydrogens is 234 g/mol. The molecule has 0 spiro atoms. The Kier molecular flexibility index (Phi) is 9.92. The lowest BCUT2D eigenvalue weighted by Gasteiger charge is -2.31. The van der Waals surface area contributed by atoms with Crippen LogP contribution in [0.25, 0.3) is 0 Å². The van der Waals surface area contributed by atoms with Gasteiger partial charge in [-0.15, -0.1) is 0 Å². The fraction of sp³-hybridized carbons (Fsp3) is 0.923. The smallest absolute Gasteiger partial charge is 0.321 e. The van der Waals surface area contributed by atoms with Crippen molar-refractivity contribution in [3.8, 4) is 0 Å². The summed E-state index contributed by atoms with van der Waals surface area (Å²) in [5.41, 5.74) is 0. The summed E-state index contributed by atoms with van der Waals surface area (Å²) in [7, 11) is 0. The molecule has 0 aliphatic rings. The number of carboxylic acids is 1. The molecule has 0 bridgehead atoms. The van der Waals surface area contributed by atoms with E-state index >= 15 is 0 Å². The predicted molar refractivity (Wildman–Crippen MR) is 70.8 cm³/mol. The highest BCUT2D eigenvalue weighted by Gasteiger charge is 2.28. The van der Waals surface area contributed by atoms with Crippen molar-refractivity contribution in [1.82, 2.24) is 4.90 Å². The van der Waals surface area contributed by atoms with Crippen LogP contribution in [0, 0.1) is 5.92 Å². The van der Waals surface area contributed by atoms with Crippen molar-refractivity contribution < 1.29 is 19.4 Å². The molecule has 108 valence electrons. The molecule has 0 rings (SSSR count). The van der Waals surface area contributed by atoms with Crippen LogP contribution in [0.1, 0.15) is 27.7 Å². The molecule has 0 aromatic rings. The van der Waals surface area contributed by atoms with Crippen LogP contribution in [0.2, 0.25) is 0 Å². The summed E-state index contributed by atoms with van der Waals surface area (Å²) in [6.07, 6.45) is 0. The van der Waals surface area contributed by atoms with Crippen molar-refractivity contribution in [2.75, 3.05) is 39.5 Å². The summed E-state index contributed by atoms with van der Waals surface area (Å²) in [6, 6.07) is -0.481. The first-order valence-corrected chi connectivity index (χ1v) is 6.66. The number of nitrogens with zero attached hydrogens (tertiary/aromatic N) is 1. The average Bonchev–Trinajstić information content (AvgIpc) is 2.28. The molecule has 0 radical (unpaired) electrons. The van der Waals surface area contributed by atoms with E-state index in [1.165, 1.54) is 0 Å². The van der Waals surface area contributed by atoms with Gasteiger partial charge in [-0.2, -0.15) is 0 Å². The lowest BCUT2D eigenvalue weighted by atomic mass is 10.0. The van der Waals surface area contributed by atoms with Crippen LogP contribution < -0.4 is 0 Å². The summed E-state index contributed by atoms with van der Waals surface area (Å²) in [4.78, 5) is 13.3. The van der Waals surface area contributed by atoms with Crippen LogP contribution in [-0.4, -0.2) is 61.5 Å². The van der Waals surface area contributed by atoms with Crippen molar-refractivity contribution in [1.29, 1.82) is 0 Å². The molecular formula is C13H27NO4. The number of hydrogen-bond acceptors (Lipinski definition) is 4. The zero-order valence-electron chi connectivity index (χ0n) is 12.0. The van der Waals surface area contributed by atoms with E-state index in [2.05, 4.69) is 0 Å². The number of rotatable bonds is 11. The highest BCUT2D eigenvalue weighted by molar-refractivity contribution is 5.73. The zero-order valence-corrected chi connectivity index (χ0v) is 12.0. The fourth-order valence-corrected chi connectivity index (χ4v) is 1.91. The molecule has 1 atom stereocenters. The van der Waals surface area contributed by atoms with Gasteiger partial charge in [0.05, 0.1) is 13.2 Å². The van der Waals surface area contributed by atoms with Crippen molar-refractivity contribution >= 4 is 5.97 Å². The van der Waals surface area contributed by atoms with Crippen molar-refractivity contribution in [3.63, 3.8) is 0 Å². The molecule has 0 heterocycles. The van der Waals surface area contributed by atoms with Crippen molar-refractivity contribution in [2.24, 2.45) is 5.92 Å². The highest BCUT2D eigenvalue weighted by atomic mass is 16.5. The molecule has 1 unspecified atom stereocenters. The Bertz CT molecular complexity index is 211. The summed E-state index contributed by atoms with van der Waals surface area (Å²) in [5, 5.41) is 9.30. The van der Waals surface area contributed by atoms with Crippen LogP contribution in [0.4, 0.5) is 0 Å². The van der Waals surface area contributed by atoms with E-state index < -0.39 is 12.0 Å². The second-order valence-corrected chi connectivity index (χ2v) is 4.46. The van der Waals surface area contributed by atoms with E-state index in [1.807, 2.05) is 32.6 Å². The van der Waals surface area contributed by atoms with E-state index in [4.69, 9.17) is 9.47 Å². The number of carboxylic acid groups (broad SMARTS) is 1. The Morgan fingerprint density at radius 3 is 1.83 bits per heavy atom. The molecule has 0 aromatic carbocycles. The fourth-order valence-electron chi connectivity index (χ4n) is 1.91. The van der Waals surface area contributed by atoms with Gasteiger partial charge >= 0.3 is 5.97 Å². The van der Waals surface area contributed by atoms with Crippen LogP contribution in [0.15, 0.2) is 0 Å². The number of hydrogen-bond donors (Lipinski definition) is 1. The molecule has 0 aliphatic heterocycles. The Labute approximate surface area is 110 Å². The second-order valence-electron chi connectivity index (χ2n) is 4.46. The lowest BCUT2D eigenvalue weighted by molar-refractivity contribution is -0.145. The van der Waals surface area contributed by atoms with E-state index in [1.54, 1.807) is 0 Å². The summed E-state index contributed by atoms with van der Waals surface area (Å²) in [6.45, 7) is 11.4. The second kappa shape index (κ2) is 10.3. The number of carbonyl (C=O) groups is 1. The maximum Gasteiger partial charge on any atom is 0.321 e. The highest BCUT2D eigenvalue weighted by Crippen LogP contribution is 2.11. The molecule has 0 saturated heterocycles. The predicted octanol–water partition coefficient (Wildman–Crippen LogP) is 1.47. The van der Waals surface area contributed by atoms with Gasteiger partial charge in [0.2, 0.25) is 0 Å². The maximum absolute atomic E-state index is 11.3. The zero-order chi connectivity index (χ0) is 14.0. The van der Waals surface area contributed by atoms with Gasteiger partial charge in [-0.1, -0.05) is 13.8 Å². The molecule has 0 aromatic heterocycles. The average molecular weight is 261 g/mol. The van der Waals surface area contributed by atoms with Crippen LogP contribution in [0.3, 0.4) is 0 Å². The third kappa shape index (κ3) is 6.93. The molecule has 0 fully saturated rings. The Morgan fingerprint density at radius 2 is 1.56 bits per heavy atom. The monoisotopic (exact) mass is 261 g/mol. The van der Waals surface area contributed by atoms with Gasteiger partial charge in [-0.25, -0.2) is 0 Å². The standard InChI is InChI=1S/C13H27NO4/c1-5-17-9-7-14(8-10-18-6-2)12(11(3)4)13(15)16/h11-12H,5-10H2,1-4H3,(H,15,16). The third-order valence-electron chi connectivity index (χ3n) is 2.73. The van der Waals surface area contributed by atoms with E-state index in [0.29, 0.717) is 39.5 Å². The van der Waals surface area contributed by atoms with Gasteiger partial charge in [-0.3, -0.25) is 9.69 Å². The maximum atomic E-state index is 11.3. The lowest BCUT2D eigenvalue weighted by Crippen LogP contribution is -2.47. The van der Waals surface area contributed by atoms with Gasteiger partial charge in [0.15, 0.2) is 0 Å². The molecule has 0 amide bonds. The quantitative estimate of drug-likeness (QED) is 0.571. The molecule has 18 heavy (non-hydrogen) atoms. The summed E-state index contributed by atoms with van der Waals surface area (Å²) in [5.74, 6) is -0.719. The molecule has 0 saturated carbocycles. The minimum absolute atomic E-state index is 0.0609. The van der Waals surface area contributed by atoms with Crippen molar-refractivity contribution in [3.05, 3.63) is 0 Å². The van der Waals surface area contributed by atoms with Crippen LogP contribution >= 0.6 is 0 Å². The topological polar surface area (TPSA) is 59.0 Å². The van der Waals surface area contributed by atoms with Crippen LogP contribution in [0.5, 0.6) is 0 Å². The Morgan fingerprint density at radius 1 is 1.11 bits per heavy atom. The van der Waals surface area contributed by atoms with E-state index in [9.17, 15) is 9.90 Å². The van der Waals surface area contributed by atoms with E-state index in [-0.39, 0.29) is 5.92 Å². The molecule has 1 N–H and O–H groups in total. The van der Waals surface area contributed by atoms with E-state index in [0.717, 1.165) is 0 Å². The van der Waals surface area contributed by atoms with Gasteiger partial charge in [0.1, 0.15) is 6.04 Å². The molecule has 0 aliphatic carbocycles. The summed E-state index contributed by atoms with van der Waals surface area (Å²) < 4.78 is 10.6. The van der Waals surface area contributed by atoms with Gasteiger partial charge in [-0.05, 0) is 19.8 Å². The third-order valence-corrected chi connectivity index (χ3v) is 2.73. The summed E-state index contributed by atoms with van der Waals surface area (Å²) >= 11 is 0. The first kappa shape index (κ1) is 17.4. The van der Waals surface area contributed by atoms with Gasteiger partial charge in [0, 0.05) is 26.3 Å². The first-order valence-electron chi connectivity index (χ1n) is 6.66. The van der Waals surface area contributed by atoms with Crippen molar-refractivity contribution in [2.45, 2.75) is 33.7 Å². The minimum Gasteiger partial charge on any atom is -0.480 e. The SMILES string of the molecule is CCOCCN(CCOCC)C(C(=O)O)C(C)C. The Balaban J connectivity index is 4.43. The first-order chi connectivity index (χ1) is 8.54. The van der Waals surface area contributed by atoms with Gasteiger partial charge < -0.3 is 14.6 Å². The number of ether oxygens (including phenoxy) is 2. The normalized spacial score (nSPS) is 13.2. The minimum atomic E-state index is -0.780. The Hall–Kier alpha value is -0.650. The molecule has 5 nitrogen and oxygen atoms in total.